The lowest BCUT2D eigenvalue weighted by atomic mass is 10.2. The molecule has 3 rings (SSSR count). The van der Waals surface area contributed by atoms with Gasteiger partial charge >= 0.3 is 0 Å². The van der Waals surface area contributed by atoms with Crippen molar-refractivity contribution in [3.63, 3.8) is 0 Å². The molecule has 0 aliphatic heterocycles. The highest BCUT2D eigenvalue weighted by Gasteiger charge is 2.18. The summed E-state index contributed by atoms with van der Waals surface area (Å²) in [4.78, 5) is 18.9. The molecule has 5 heteroatoms. The van der Waals surface area contributed by atoms with Crippen LogP contribution in [0, 0.1) is 0 Å². The van der Waals surface area contributed by atoms with Crippen LogP contribution < -0.4 is 0 Å². The molecule has 23 heavy (non-hydrogen) atoms. The van der Waals surface area contributed by atoms with E-state index in [0.29, 0.717) is 18.7 Å². The molecule has 0 aliphatic carbocycles. The number of rotatable bonds is 5. The molecule has 0 spiro atoms. The fraction of sp³-hybridized carbons (Fsp3) is 0.111. The lowest BCUT2D eigenvalue weighted by molar-refractivity contribution is 0.0715. The number of amides is 1. The first-order valence-corrected chi connectivity index (χ1v) is 7.99. The third-order valence-electron chi connectivity index (χ3n) is 3.36. The van der Waals surface area contributed by atoms with E-state index in [0.717, 1.165) is 15.9 Å². The highest BCUT2D eigenvalue weighted by Crippen LogP contribution is 2.17. The Bertz CT molecular complexity index is 773. The largest absolute Gasteiger partial charge is 0.467 e. The van der Waals surface area contributed by atoms with E-state index in [9.17, 15) is 4.79 Å². The van der Waals surface area contributed by atoms with Crippen LogP contribution in [0.5, 0.6) is 0 Å². The molecule has 1 aromatic carbocycles. The van der Waals surface area contributed by atoms with E-state index >= 15 is 0 Å². The highest BCUT2D eigenvalue weighted by molar-refractivity contribution is 9.10. The Kier molecular flexibility index (Phi) is 4.88. The van der Waals surface area contributed by atoms with Gasteiger partial charge in [-0.1, -0.05) is 28.1 Å². The molecule has 0 fully saturated rings. The number of aromatic nitrogens is 1. The fourth-order valence-electron chi connectivity index (χ4n) is 2.28. The van der Waals surface area contributed by atoms with E-state index in [4.69, 9.17) is 4.42 Å². The Labute approximate surface area is 142 Å². The third kappa shape index (κ3) is 4.07. The predicted octanol–water partition coefficient (Wildman–Crippen LogP) is 4.28. The van der Waals surface area contributed by atoms with Gasteiger partial charge in [-0.2, -0.15) is 0 Å². The van der Waals surface area contributed by atoms with Gasteiger partial charge in [0.25, 0.3) is 5.91 Å². The van der Waals surface area contributed by atoms with Crippen molar-refractivity contribution in [1.82, 2.24) is 9.88 Å². The van der Waals surface area contributed by atoms with Crippen LogP contribution in [0.3, 0.4) is 0 Å². The molecule has 0 radical (unpaired) electrons. The van der Waals surface area contributed by atoms with Crippen molar-refractivity contribution in [2.75, 3.05) is 0 Å². The monoisotopic (exact) mass is 370 g/mol. The molecule has 4 nitrogen and oxygen atoms in total. The molecule has 1 amide bonds. The van der Waals surface area contributed by atoms with E-state index < -0.39 is 0 Å². The Morgan fingerprint density at radius 2 is 2.00 bits per heavy atom. The number of hydrogen-bond donors (Lipinski definition) is 0. The lowest BCUT2D eigenvalue weighted by Crippen LogP contribution is -2.30. The molecule has 2 heterocycles. The van der Waals surface area contributed by atoms with Gasteiger partial charge in [-0.3, -0.25) is 9.78 Å². The average molecular weight is 371 g/mol. The van der Waals surface area contributed by atoms with E-state index in [2.05, 4.69) is 20.9 Å². The normalized spacial score (nSPS) is 10.5. The fourth-order valence-corrected chi connectivity index (χ4v) is 2.68. The summed E-state index contributed by atoms with van der Waals surface area (Å²) in [5.74, 6) is 0.678. The van der Waals surface area contributed by atoms with Crippen molar-refractivity contribution in [1.29, 1.82) is 0 Å². The number of carbonyl (C=O) groups is 1. The molecule has 0 unspecified atom stereocenters. The van der Waals surface area contributed by atoms with Crippen LogP contribution in [0.2, 0.25) is 0 Å². The van der Waals surface area contributed by atoms with Gasteiger partial charge in [0.2, 0.25) is 0 Å². The van der Waals surface area contributed by atoms with Crippen molar-refractivity contribution in [2.45, 2.75) is 13.1 Å². The second kappa shape index (κ2) is 7.24. The standard InChI is InChI=1S/C18H15BrN2O2/c19-15-6-3-5-14(11-15)18(22)21(13-17-8-4-10-23-17)12-16-7-1-2-9-20-16/h1-11H,12-13H2. The second-order valence-corrected chi connectivity index (χ2v) is 5.99. The van der Waals surface area contributed by atoms with Crippen LogP contribution in [-0.4, -0.2) is 15.8 Å². The maximum Gasteiger partial charge on any atom is 0.254 e. The molecule has 116 valence electrons. The Morgan fingerprint density at radius 3 is 2.70 bits per heavy atom. The van der Waals surface area contributed by atoms with E-state index in [1.54, 1.807) is 23.4 Å². The van der Waals surface area contributed by atoms with Gasteiger partial charge < -0.3 is 9.32 Å². The smallest absolute Gasteiger partial charge is 0.254 e. The zero-order chi connectivity index (χ0) is 16.1. The summed E-state index contributed by atoms with van der Waals surface area (Å²) >= 11 is 3.41. The van der Waals surface area contributed by atoms with Crippen LogP contribution in [0.15, 0.2) is 75.9 Å². The molecule has 0 saturated carbocycles. The first kappa shape index (κ1) is 15.5. The van der Waals surface area contributed by atoms with E-state index in [-0.39, 0.29) is 5.91 Å². The summed E-state index contributed by atoms with van der Waals surface area (Å²) in [6.07, 6.45) is 3.34. The maximum absolute atomic E-state index is 12.9. The summed E-state index contributed by atoms with van der Waals surface area (Å²) < 4.78 is 6.26. The molecule has 0 aliphatic rings. The molecule has 2 aromatic heterocycles. The summed E-state index contributed by atoms with van der Waals surface area (Å²) in [5, 5.41) is 0. The minimum atomic E-state index is -0.0617. The maximum atomic E-state index is 12.9. The van der Waals surface area contributed by atoms with Crippen molar-refractivity contribution >= 4 is 21.8 Å². The van der Waals surface area contributed by atoms with Crippen molar-refractivity contribution in [2.24, 2.45) is 0 Å². The first-order chi connectivity index (χ1) is 11.2. The zero-order valence-electron chi connectivity index (χ0n) is 12.4. The van der Waals surface area contributed by atoms with Crippen LogP contribution in [0.1, 0.15) is 21.8 Å². The SMILES string of the molecule is O=C(c1cccc(Br)c1)N(Cc1ccccn1)Cc1ccco1. The number of carbonyl (C=O) groups excluding carboxylic acids is 1. The van der Waals surface area contributed by atoms with E-state index in [1.807, 2.05) is 48.5 Å². The molecule has 0 N–H and O–H groups in total. The van der Waals surface area contributed by atoms with Gasteiger partial charge in [0.05, 0.1) is 25.0 Å². The number of pyridine rings is 1. The van der Waals surface area contributed by atoms with Gasteiger partial charge in [-0.25, -0.2) is 0 Å². The lowest BCUT2D eigenvalue weighted by Gasteiger charge is -2.21. The molecule has 0 saturated heterocycles. The third-order valence-corrected chi connectivity index (χ3v) is 3.86. The second-order valence-electron chi connectivity index (χ2n) is 5.07. The molecule has 0 atom stereocenters. The molecular formula is C18H15BrN2O2. The Morgan fingerprint density at radius 1 is 1.09 bits per heavy atom. The van der Waals surface area contributed by atoms with Gasteiger partial charge in [-0.15, -0.1) is 0 Å². The summed E-state index contributed by atoms with van der Waals surface area (Å²) in [6, 6.07) is 16.7. The van der Waals surface area contributed by atoms with Crippen molar-refractivity contribution in [3.8, 4) is 0 Å². The van der Waals surface area contributed by atoms with Gasteiger partial charge in [0.15, 0.2) is 0 Å². The number of benzene rings is 1. The molecule has 0 bridgehead atoms. The Balaban J connectivity index is 1.86. The zero-order valence-corrected chi connectivity index (χ0v) is 13.9. The van der Waals surface area contributed by atoms with Crippen LogP contribution >= 0.6 is 15.9 Å². The van der Waals surface area contributed by atoms with Gasteiger partial charge in [-0.05, 0) is 42.5 Å². The Hall–Kier alpha value is -2.40. The number of furan rings is 1. The topological polar surface area (TPSA) is 46.3 Å². The number of halogens is 1. The minimum Gasteiger partial charge on any atom is -0.467 e. The predicted molar refractivity (Wildman–Crippen MR) is 90.7 cm³/mol. The van der Waals surface area contributed by atoms with Gasteiger partial charge in [0, 0.05) is 16.2 Å². The van der Waals surface area contributed by atoms with E-state index in [1.165, 1.54) is 0 Å². The summed E-state index contributed by atoms with van der Waals surface area (Å²) in [7, 11) is 0. The van der Waals surface area contributed by atoms with Crippen LogP contribution in [0.4, 0.5) is 0 Å². The quantitative estimate of drug-likeness (QED) is 0.673. The van der Waals surface area contributed by atoms with Crippen molar-refractivity contribution < 1.29 is 9.21 Å². The molecule has 3 aromatic rings. The average Bonchev–Trinajstić information content (AvgIpc) is 3.08. The van der Waals surface area contributed by atoms with Crippen molar-refractivity contribution in [3.05, 3.63) is 88.5 Å². The number of nitrogens with zero attached hydrogens (tertiary/aromatic N) is 2. The number of hydrogen-bond acceptors (Lipinski definition) is 3. The first-order valence-electron chi connectivity index (χ1n) is 7.19. The van der Waals surface area contributed by atoms with Crippen LogP contribution in [-0.2, 0) is 13.1 Å². The molecular weight excluding hydrogens is 356 g/mol. The minimum absolute atomic E-state index is 0.0617. The highest BCUT2D eigenvalue weighted by atomic mass is 79.9. The van der Waals surface area contributed by atoms with Crippen LogP contribution in [0.25, 0.3) is 0 Å². The van der Waals surface area contributed by atoms with Gasteiger partial charge in [0.1, 0.15) is 5.76 Å². The summed E-state index contributed by atoms with van der Waals surface area (Å²) in [6.45, 7) is 0.821. The summed E-state index contributed by atoms with van der Waals surface area (Å²) in [5.41, 5.74) is 1.46.